The van der Waals surface area contributed by atoms with Gasteiger partial charge in [-0.05, 0) is 51.3 Å². The maximum Gasteiger partial charge on any atom is 0.179 e. The summed E-state index contributed by atoms with van der Waals surface area (Å²) in [5.74, 6) is 0.214. The van der Waals surface area contributed by atoms with Crippen molar-refractivity contribution in [3.63, 3.8) is 0 Å². The molecule has 0 saturated carbocycles. The van der Waals surface area contributed by atoms with E-state index >= 15 is 0 Å². The van der Waals surface area contributed by atoms with Crippen LogP contribution >= 0.6 is 0 Å². The fraction of sp³-hybridized carbons (Fsp3) is 0.611. The summed E-state index contributed by atoms with van der Waals surface area (Å²) in [4.78, 5) is 15.1. The molecular weight excluding hydrogens is 262 g/mol. The molecule has 21 heavy (non-hydrogen) atoms. The Hall–Kier alpha value is -1.19. The molecule has 3 atom stereocenters. The number of carbonyl (C=O) groups is 1. The van der Waals surface area contributed by atoms with Gasteiger partial charge in [-0.2, -0.15) is 0 Å². The van der Waals surface area contributed by atoms with Crippen LogP contribution in [0.15, 0.2) is 18.2 Å². The monoisotopic (exact) mass is 289 g/mol. The van der Waals surface area contributed by atoms with Crippen molar-refractivity contribution < 1.29 is 9.53 Å². The predicted molar refractivity (Wildman–Crippen MR) is 85.9 cm³/mol. The summed E-state index contributed by atoms with van der Waals surface area (Å²) in [6.45, 7) is 11.9. The van der Waals surface area contributed by atoms with Gasteiger partial charge in [0, 0.05) is 18.2 Å². The minimum absolute atomic E-state index is 0.0941. The van der Waals surface area contributed by atoms with Gasteiger partial charge in [-0.25, -0.2) is 0 Å². The second kappa shape index (κ2) is 6.71. The second-order valence-corrected chi connectivity index (χ2v) is 6.24. The molecule has 0 N–H and O–H groups in total. The largest absolute Gasteiger partial charge is 0.376 e. The Bertz CT molecular complexity index is 512. The maximum absolute atomic E-state index is 12.8. The number of hydrogen-bond donors (Lipinski definition) is 0. The first kappa shape index (κ1) is 16.2. The molecule has 1 aromatic rings. The van der Waals surface area contributed by atoms with Gasteiger partial charge in [0.25, 0.3) is 0 Å². The molecule has 3 nitrogen and oxygen atoms in total. The van der Waals surface area contributed by atoms with Gasteiger partial charge in [0.2, 0.25) is 0 Å². The summed E-state index contributed by atoms with van der Waals surface area (Å²) in [5, 5.41) is 0. The van der Waals surface area contributed by atoms with Gasteiger partial charge in [-0.15, -0.1) is 0 Å². The van der Waals surface area contributed by atoms with Crippen molar-refractivity contribution in [3.05, 3.63) is 34.9 Å². The number of morpholine rings is 1. The van der Waals surface area contributed by atoms with E-state index in [0.29, 0.717) is 6.04 Å². The molecule has 116 valence electrons. The van der Waals surface area contributed by atoms with E-state index in [1.165, 1.54) is 11.1 Å². The molecule has 0 amide bonds. The highest BCUT2D eigenvalue weighted by atomic mass is 16.5. The van der Waals surface area contributed by atoms with Gasteiger partial charge in [-0.3, -0.25) is 9.69 Å². The summed E-state index contributed by atoms with van der Waals surface area (Å²) >= 11 is 0. The Balaban J connectivity index is 2.18. The lowest BCUT2D eigenvalue weighted by molar-refractivity contribution is -0.0648. The number of aryl methyl sites for hydroxylation is 2. The first-order valence-electron chi connectivity index (χ1n) is 7.92. The molecule has 0 spiro atoms. The zero-order valence-corrected chi connectivity index (χ0v) is 13.8. The van der Waals surface area contributed by atoms with Crippen LogP contribution in [0.5, 0.6) is 0 Å². The Labute approximate surface area is 128 Å². The fourth-order valence-corrected chi connectivity index (χ4v) is 2.98. The van der Waals surface area contributed by atoms with E-state index in [-0.39, 0.29) is 17.9 Å². The first-order valence-corrected chi connectivity index (χ1v) is 7.92. The van der Waals surface area contributed by atoms with Crippen LogP contribution < -0.4 is 0 Å². The topological polar surface area (TPSA) is 29.5 Å². The number of Topliss-reactive ketones (excluding diaryl/α,β-unsaturated/α-hetero) is 1. The molecule has 0 bridgehead atoms. The van der Waals surface area contributed by atoms with E-state index in [9.17, 15) is 4.79 Å². The van der Waals surface area contributed by atoms with Crippen molar-refractivity contribution in [2.45, 2.75) is 59.2 Å². The summed E-state index contributed by atoms with van der Waals surface area (Å²) in [7, 11) is 0. The smallest absolute Gasteiger partial charge is 0.179 e. The number of rotatable bonds is 4. The van der Waals surface area contributed by atoms with Crippen LogP contribution in [-0.4, -0.2) is 42.0 Å². The predicted octanol–water partition coefficient (Wildman–Crippen LogP) is 3.37. The molecule has 1 aliphatic heterocycles. The van der Waals surface area contributed by atoms with Crippen LogP contribution in [0.2, 0.25) is 0 Å². The van der Waals surface area contributed by atoms with Crippen molar-refractivity contribution in [3.8, 4) is 0 Å². The SMILES string of the molecule is CCC1COC(C)CN1C(C)C(=O)c1ccc(C)c(C)c1. The molecule has 3 unspecified atom stereocenters. The Kier molecular flexibility index (Phi) is 5.17. The number of ether oxygens (including phenoxy) is 1. The lowest BCUT2D eigenvalue weighted by atomic mass is 9.97. The fourth-order valence-electron chi connectivity index (χ4n) is 2.98. The number of benzene rings is 1. The molecular formula is C18H27NO2. The summed E-state index contributed by atoms with van der Waals surface area (Å²) in [5.41, 5.74) is 3.22. The Morgan fingerprint density at radius 1 is 1.38 bits per heavy atom. The third-order valence-corrected chi connectivity index (χ3v) is 4.65. The highest BCUT2D eigenvalue weighted by molar-refractivity contribution is 6.00. The number of nitrogens with zero attached hydrogens (tertiary/aromatic N) is 1. The molecule has 1 aliphatic rings. The highest BCUT2D eigenvalue weighted by Gasteiger charge is 2.32. The number of ketones is 1. The number of carbonyl (C=O) groups excluding carboxylic acids is 1. The molecule has 3 heteroatoms. The van der Waals surface area contributed by atoms with Crippen LogP contribution in [-0.2, 0) is 4.74 Å². The summed E-state index contributed by atoms with van der Waals surface area (Å²) in [6, 6.07) is 6.24. The molecule has 1 heterocycles. The Morgan fingerprint density at radius 3 is 2.71 bits per heavy atom. The molecule has 1 aromatic carbocycles. The van der Waals surface area contributed by atoms with Crippen molar-refractivity contribution in [1.29, 1.82) is 0 Å². The second-order valence-electron chi connectivity index (χ2n) is 6.24. The van der Waals surface area contributed by atoms with Crippen LogP contribution in [0.1, 0.15) is 48.7 Å². The van der Waals surface area contributed by atoms with Crippen molar-refractivity contribution in [2.24, 2.45) is 0 Å². The van der Waals surface area contributed by atoms with Crippen molar-refractivity contribution in [1.82, 2.24) is 4.90 Å². The van der Waals surface area contributed by atoms with Crippen LogP contribution in [0.25, 0.3) is 0 Å². The zero-order chi connectivity index (χ0) is 15.6. The average Bonchev–Trinajstić information content (AvgIpc) is 2.48. The third-order valence-electron chi connectivity index (χ3n) is 4.65. The van der Waals surface area contributed by atoms with E-state index in [1.54, 1.807) is 0 Å². The van der Waals surface area contributed by atoms with E-state index < -0.39 is 0 Å². The summed E-state index contributed by atoms with van der Waals surface area (Å²) in [6.07, 6.45) is 1.21. The Morgan fingerprint density at radius 2 is 2.10 bits per heavy atom. The van der Waals surface area contributed by atoms with Gasteiger partial charge in [-0.1, -0.05) is 19.1 Å². The number of hydrogen-bond acceptors (Lipinski definition) is 3. The third kappa shape index (κ3) is 3.53. The van der Waals surface area contributed by atoms with E-state index in [2.05, 4.69) is 32.6 Å². The molecule has 2 rings (SSSR count). The van der Waals surface area contributed by atoms with Crippen LogP contribution in [0.4, 0.5) is 0 Å². The lowest BCUT2D eigenvalue weighted by Gasteiger charge is -2.41. The van der Waals surface area contributed by atoms with E-state index in [4.69, 9.17) is 4.74 Å². The standard InChI is InChI=1S/C18H27NO2/c1-6-17-11-21-14(4)10-19(17)15(5)18(20)16-8-7-12(2)13(3)9-16/h7-9,14-15,17H,6,10-11H2,1-5H3. The van der Waals surface area contributed by atoms with Crippen molar-refractivity contribution >= 4 is 5.78 Å². The minimum Gasteiger partial charge on any atom is -0.376 e. The van der Waals surface area contributed by atoms with E-state index in [1.807, 2.05) is 25.1 Å². The van der Waals surface area contributed by atoms with Crippen LogP contribution in [0.3, 0.4) is 0 Å². The van der Waals surface area contributed by atoms with Gasteiger partial charge in [0.05, 0.1) is 18.8 Å². The van der Waals surface area contributed by atoms with Gasteiger partial charge in [0.1, 0.15) is 0 Å². The minimum atomic E-state index is -0.0941. The average molecular weight is 289 g/mol. The van der Waals surface area contributed by atoms with Crippen molar-refractivity contribution in [2.75, 3.05) is 13.2 Å². The summed E-state index contributed by atoms with van der Waals surface area (Å²) < 4.78 is 5.73. The quantitative estimate of drug-likeness (QED) is 0.796. The van der Waals surface area contributed by atoms with E-state index in [0.717, 1.165) is 25.1 Å². The molecule has 0 aromatic heterocycles. The normalized spacial score (nSPS) is 24.8. The van der Waals surface area contributed by atoms with Gasteiger partial charge < -0.3 is 4.74 Å². The van der Waals surface area contributed by atoms with Gasteiger partial charge >= 0.3 is 0 Å². The van der Waals surface area contributed by atoms with Crippen LogP contribution in [0, 0.1) is 13.8 Å². The first-order chi connectivity index (χ1) is 9.93. The molecule has 1 saturated heterocycles. The van der Waals surface area contributed by atoms with Gasteiger partial charge in [0.15, 0.2) is 5.78 Å². The maximum atomic E-state index is 12.8. The molecule has 0 aliphatic carbocycles. The molecule has 1 fully saturated rings. The molecule has 0 radical (unpaired) electrons. The lowest BCUT2D eigenvalue weighted by Crippen LogP contribution is -2.54. The zero-order valence-electron chi connectivity index (χ0n) is 13.8. The highest BCUT2D eigenvalue weighted by Crippen LogP contribution is 2.21.